The molecule has 7 nitrogen and oxygen atoms in total. The number of ether oxygens (including phenoxy) is 1. The Balaban J connectivity index is 1.78. The number of carbonyl (C=O) groups is 2. The van der Waals surface area contributed by atoms with Crippen LogP contribution in [-0.4, -0.2) is 30.0 Å². The van der Waals surface area contributed by atoms with Gasteiger partial charge in [0.2, 0.25) is 5.91 Å². The van der Waals surface area contributed by atoms with Crippen molar-refractivity contribution in [2.75, 3.05) is 7.11 Å². The van der Waals surface area contributed by atoms with Crippen molar-refractivity contribution in [2.45, 2.75) is 18.9 Å². The van der Waals surface area contributed by atoms with Crippen LogP contribution in [0.2, 0.25) is 0 Å². The smallest absolute Gasteiger partial charge is 0.250 e. The predicted molar refractivity (Wildman–Crippen MR) is 73.1 cm³/mol. The topological polar surface area (TPSA) is 82.7 Å². The van der Waals surface area contributed by atoms with Crippen LogP contribution in [0.15, 0.2) is 17.0 Å². The fourth-order valence-corrected chi connectivity index (χ4v) is 3.01. The number of carbonyl (C=O) groups excluding carboxylic acids is 2. The normalized spacial score (nSPS) is 22.4. The maximum Gasteiger partial charge on any atom is 0.250 e. The van der Waals surface area contributed by atoms with E-state index in [1.54, 1.807) is 12.1 Å². The molecule has 3 rings (SSSR count). The first kappa shape index (κ1) is 12.9. The van der Waals surface area contributed by atoms with Crippen LogP contribution in [0.4, 0.5) is 0 Å². The van der Waals surface area contributed by atoms with Gasteiger partial charge < -0.3 is 10.2 Å². The number of imide groups is 1. The first-order valence-corrected chi connectivity index (χ1v) is 7.09. The summed E-state index contributed by atoms with van der Waals surface area (Å²) in [5, 5.41) is 7.89. The van der Waals surface area contributed by atoms with Crippen molar-refractivity contribution >= 4 is 28.8 Å². The van der Waals surface area contributed by atoms with E-state index < -0.39 is 6.04 Å². The Bertz CT molecular complexity index is 583. The van der Waals surface area contributed by atoms with Crippen molar-refractivity contribution in [3.05, 3.63) is 22.5 Å². The summed E-state index contributed by atoms with van der Waals surface area (Å²) >= 11 is 1.54. The molecule has 1 atom stereocenters. The van der Waals surface area contributed by atoms with Crippen molar-refractivity contribution in [3.8, 4) is 5.75 Å². The van der Waals surface area contributed by atoms with E-state index in [1.165, 1.54) is 11.3 Å². The first-order chi connectivity index (χ1) is 9.69. The summed E-state index contributed by atoms with van der Waals surface area (Å²) in [7, 11) is 1.62. The molecule has 1 saturated heterocycles. The molecule has 2 amide bonds. The summed E-state index contributed by atoms with van der Waals surface area (Å²) < 4.78 is 5.27. The Labute approximate surface area is 119 Å². The summed E-state index contributed by atoms with van der Waals surface area (Å²) in [6.07, 6.45) is 2.65. The third kappa shape index (κ3) is 2.23. The third-order valence-electron chi connectivity index (χ3n) is 3.27. The number of piperidine rings is 1. The van der Waals surface area contributed by atoms with Crippen LogP contribution >= 0.6 is 11.3 Å². The summed E-state index contributed by atoms with van der Waals surface area (Å²) in [5.41, 5.74) is 7.70. The van der Waals surface area contributed by atoms with E-state index in [0.29, 0.717) is 12.8 Å². The van der Waals surface area contributed by atoms with Gasteiger partial charge in [0.05, 0.1) is 18.4 Å². The second-order valence-corrected chi connectivity index (χ2v) is 5.25. The number of amides is 2. The van der Waals surface area contributed by atoms with Crippen molar-refractivity contribution < 1.29 is 14.3 Å². The van der Waals surface area contributed by atoms with Gasteiger partial charge in [-0.25, -0.2) is 0 Å². The molecule has 1 fully saturated rings. The molecular formula is C12H14N4O3S. The molecule has 0 bridgehead atoms. The Morgan fingerprint density at radius 1 is 1.40 bits per heavy atom. The number of rotatable bonds is 3. The fourth-order valence-electron chi connectivity index (χ4n) is 2.22. The number of hydrazine groups is 2. The van der Waals surface area contributed by atoms with Gasteiger partial charge in [-0.3, -0.25) is 19.9 Å². The Hall–Kier alpha value is -2.06. The number of methoxy groups -OCH3 is 1. The second-order valence-electron chi connectivity index (χ2n) is 4.51. The molecule has 0 aliphatic carbocycles. The number of hydrogen-bond acceptors (Lipinski definition) is 7. The number of hydrogen-bond donors (Lipinski definition) is 3. The van der Waals surface area contributed by atoms with Gasteiger partial charge in [-0.1, -0.05) is 0 Å². The van der Waals surface area contributed by atoms with Crippen molar-refractivity contribution in [1.82, 2.24) is 21.3 Å². The van der Waals surface area contributed by atoms with Crippen LogP contribution in [0.1, 0.15) is 18.4 Å². The molecule has 1 aromatic rings. The highest BCUT2D eigenvalue weighted by Gasteiger charge is 2.33. The minimum absolute atomic E-state index is 0.220. The van der Waals surface area contributed by atoms with Gasteiger partial charge in [0.25, 0.3) is 5.91 Å². The van der Waals surface area contributed by atoms with Gasteiger partial charge in [0.15, 0.2) is 0 Å². The average molecular weight is 294 g/mol. The van der Waals surface area contributed by atoms with Gasteiger partial charge in [-0.15, -0.1) is 16.9 Å². The molecule has 0 spiro atoms. The van der Waals surface area contributed by atoms with Gasteiger partial charge >= 0.3 is 0 Å². The molecule has 0 aromatic carbocycles. The molecule has 1 unspecified atom stereocenters. The average Bonchev–Trinajstić information content (AvgIpc) is 3.06. The molecule has 3 heterocycles. The SMILES string of the molecule is COc1cscc1C1=CN(C2CCC(=O)NC2=O)NN1. The molecule has 8 heteroatoms. The van der Waals surface area contributed by atoms with E-state index in [2.05, 4.69) is 16.3 Å². The number of thiophene rings is 1. The zero-order valence-corrected chi connectivity index (χ0v) is 11.6. The highest BCUT2D eigenvalue weighted by molar-refractivity contribution is 7.08. The fraction of sp³-hybridized carbons (Fsp3) is 0.333. The van der Waals surface area contributed by atoms with E-state index in [4.69, 9.17) is 4.74 Å². The molecule has 2 aliphatic heterocycles. The highest BCUT2D eigenvalue weighted by atomic mass is 32.1. The molecular weight excluding hydrogens is 280 g/mol. The lowest BCUT2D eigenvalue weighted by Gasteiger charge is -2.28. The second kappa shape index (κ2) is 5.14. The van der Waals surface area contributed by atoms with Crippen LogP contribution in [0.5, 0.6) is 5.75 Å². The van der Waals surface area contributed by atoms with Crippen molar-refractivity contribution in [2.24, 2.45) is 0 Å². The van der Waals surface area contributed by atoms with E-state index >= 15 is 0 Å². The lowest BCUT2D eigenvalue weighted by atomic mass is 10.1. The summed E-state index contributed by atoms with van der Waals surface area (Å²) in [6.45, 7) is 0. The van der Waals surface area contributed by atoms with E-state index in [9.17, 15) is 9.59 Å². The minimum Gasteiger partial charge on any atom is -0.495 e. The van der Waals surface area contributed by atoms with Crippen LogP contribution in [0, 0.1) is 0 Å². The highest BCUT2D eigenvalue weighted by Crippen LogP contribution is 2.30. The van der Waals surface area contributed by atoms with Crippen molar-refractivity contribution in [3.63, 3.8) is 0 Å². The molecule has 2 aliphatic rings. The number of nitrogens with one attached hydrogen (secondary N) is 3. The predicted octanol–water partition coefficient (Wildman–Crippen LogP) is 0.185. The lowest BCUT2D eigenvalue weighted by molar-refractivity contribution is -0.137. The van der Waals surface area contributed by atoms with Gasteiger partial charge in [0, 0.05) is 23.4 Å². The van der Waals surface area contributed by atoms with Crippen LogP contribution in [-0.2, 0) is 9.59 Å². The van der Waals surface area contributed by atoms with E-state index in [0.717, 1.165) is 17.0 Å². The van der Waals surface area contributed by atoms with Gasteiger partial charge in [-0.05, 0) is 6.42 Å². The largest absolute Gasteiger partial charge is 0.495 e. The van der Waals surface area contributed by atoms with Crippen molar-refractivity contribution in [1.29, 1.82) is 0 Å². The monoisotopic (exact) mass is 294 g/mol. The summed E-state index contributed by atoms with van der Waals surface area (Å²) in [5.74, 6) is 0.271. The maximum absolute atomic E-state index is 11.8. The number of nitrogens with zero attached hydrogens (tertiary/aromatic N) is 1. The summed E-state index contributed by atoms with van der Waals surface area (Å²) in [4.78, 5) is 23.0. The Morgan fingerprint density at radius 3 is 3.00 bits per heavy atom. The summed E-state index contributed by atoms with van der Waals surface area (Å²) in [6, 6.07) is -0.401. The molecule has 0 radical (unpaired) electrons. The van der Waals surface area contributed by atoms with Crippen LogP contribution in [0.3, 0.4) is 0 Å². The van der Waals surface area contributed by atoms with E-state index in [1.807, 2.05) is 17.0 Å². The van der Waals surface area contributed by atoms with Gasteiger partial charge in [0.1, 0.15) is 11.8 Å². The van der Waals surface area contributed by atoms with Crippen LogP contribution in [0.25, 0.3) is 5.70 Å². The standard InChI is InChI=1S/C12H14N4O3S/c1-19-10-6-20-5-7(10)8-4-16(15-14-8)9-2-3-11(17)13-12(9)18/h4-6,9,14-15H,2-3H2,1H3,(H,13,17,18). The Morgan fingerprint density at radius 2 is 2.25 bits per heavy atom. The van der Waals surface area contributed by atoms with Crippen LogP contribution < -0.4 is 21.0 Å². The molecule has 20 heavy (non-hydrogen) atoms. The van der Waals surface area contributed by atoms with E-state index in [-0.39, 0.29) is 11.8 Å². The lowest BCUT2D eigenvalue weighted by Crippen LogP contribution is -2.54. The maximum atomic E-state index is 11.8. The molecule has 3 N–H and O–H groups in total. The molecule has 0 saturated carbocycles. The first-order valence-electron chi connectivity index (χ1n) is 6.15. The zero-order valence-electron chi connectivity index (χ0n) is 10.8. The quantitative estimate of drug-likeness (QED) is 0.690. The third-order valence-corrected chi connectivity index (χ3v) is 3.99. The zero-order chi connectivity index (χ0) is 14.1. The molecule has 106 valence electrons. The Kier molecular flexibility index (Phi) is 3.33. The minimum atomic E-state index is -0.401. The van der Waals surface area contributed by atoms with Gasteiger partial charge in [-0.2, -0.15) is 0 Å². The molecule has 1 aromatic heterocycles.